The van der Waals surface area contributed by atoms with Crippen molar-refractivity contribution in [2.24, 2.45) is 0 Å². The Hall–Kier alpha value is -2.30. The van der Waals surface area contributed by atoms with E-state index in [1.807, 2.05) is 15.8 Å². The summed E-state index contributed by atoms with van der Waals surface area (Å²) in [7, 11) is 0. The summed E-state index contributed by atoms with van der Waals surface area (Å²) in [4.78, 5) is 17.2. The Morgan fingerprint density at radius 2 is 2.00 bits per heavy atom. The highest BCUT2D eigenvalue weighted by Crippen LogP contribution is 2.23. The standard InChI is InChI=1S/C19H26N4O/c1-14(2)23-13-17(11-20-23)19(24)22-10-9-21(12-16(22)4)18-8-6-5-7-15(18)3/h5-8,11,13-14,16H,9-10,12H2,1-4H3/t16-/m0/s1. The molecule has 1 aromatic heterocycles. The van der Waals surface area contributed by atoms with Crippen LogP contribution in [0.25, 0.3) is 0 Å². The van der Waals surface area contributed by atoms with Gasteiger partial charge < -0.3 is 9.80 Å². The molecule has 1 atom stereocenters. The van der Waals surface area contributed by atoms with Gasteiger partial charge in [0.1, 0.15) is 0 Å². The summed E-state index contributed by atoms with van der Waals surface area (Å²) in [6.07, 6.45) is 3.54. The van der Waals surface area contributed by atoms with E-state index in [1.165, 1.54) is 11.3 Å². The van der Waals surface area contributed by atoms with E-state index in [2.05, 4.69) is 62.0 Å². The zero-order valence-corrected chi connectivity index (χ0v) is 14.9. The molecule has 1 saturated heterocycles. The van der Waals surface area contributed by atoms with Crippen molar-refractivity contribution in [2.75, 3.05) is 24.5 Å². The molecule has 1 aliphatic heterocycles. The van der Waals surface area contributed by atoms with Gasteiger partial charge in [-0.25, -0.2) is 0 Å². The number of rotatable bonds is 3. The highest BCUT2D eigenvalue weighted by Gasteiger charge is 2.29. The number of aromatic nitrogens is 2. The SMILES string of the molecule is Cc1ccccc1N1CCN(C(=O)c2cnn(C(C)C)c2)[C@@H](C)C1. The van der Waals surface area contributed by atoms with E-state index >= 15 is 0 Å². The summed E-state index contributed by atoms with van der Waals surface area (Å²) < 4.78 is 1.83. The normalized spacial score (nSPS) is 18.3. The second-order valence-electron chi connectivity index (χ2n) is 6.88. The lowest BCUT2D eigenvalue weighted by atomic mass is 10.1. The highest BCUT2D eigenvalue weighted by molar-refractivity contribution is 5.94. The number of para-hydroxylation sites is 1. The van der Waals surface area contributed by atoms with E-state index in [-0.39, 0.29) is 18.0 Å². The molecule has 0 bridgehead atoms. The lowest BCUT2D eigenvalue weighted by Crippen LogP contribution is -2.54. The number of carbonyl (C=O) groups excluding carboxylic acids is 1. The Bertz CT molecular complexity index is 722. The lowest BCUT2D eigenvalue weighted by molar-refractivity contribution is 0.0674. The van der Waals surface area contributed by atoms with Gasteiger partial charge in [0, 0.05) is 43.6 Å². The van der Waals surface area contributed by atoms with Crippen LogP contribution >= 0.6 is 0 Å². The predicted molar refractivity (Wildman–Crippen MR) is 96.5 cm³/mol. The smallest absolute Gasteiger partial charge is 0.257 e. The Balaban J connectivity index is 1.71. The maximum Gasteiger partial charge on any atom is 0.257 e. The molecule has 0 radical (unpaired) electrons. The Morgan fingerprint density at radius 3 is 2.62 bits per heavy atom. The molecular weight excluding hydrogens is 300 g/mol. The number of hydrogen-bond acceptors (Lipinski definition) is 3. The van der Waals surface area contributed by atoms with Crippen LogP contribution in [-0.4, -0.2) is 46.3 Å². The van der Waals surface area contributed by atoms with Crippen LogP contribution in [0, 0.1) is 6.92 Å². The summed E-state index contributed by atoms with van der Waals surface area (Å²) >= 11 is 0. The third-order valence-electron chi connectivity index (χ3n) is 4.72. The third kappa shape index (κ3) is 3.16. The van der Waals surface area contributed by atoms with Gasteiger partial charge in [-0.2, -0.15) is 5.10 Å². The van der Waals surface area contributed by atoms with Crippen LogP contribution in [0.1, 0.15) is 42.7 Å². The second-order valence-corrected chi connectivity index (χ2v) is 6.88. The van der Waals surface area contributed by atoms with Crippen LogP contribution < -0.4 is 4.90 Å². The fourth-order valence-corrected chi connectivity index (χ4v) is 3.29. The Kier molecular flexibility index (Phi) is 4.60. The second kappa shape index (κ2) is 6.67. The number of piperazine rings is 1. The highest BCUT2D eigenvalue weighted by atomic mass is 16.2. The van der Waals surface area contributed by atoms with Crippen molar-refractivity contribution < 1.29 is 4.79 Å². The quantitative estimate of drug-likeness (QED) is 0.870. The van der Waals surface area contributed by atoms with Gasteiger partial charge in [0.25, 0.3) is 5.91 Å². The molecule has 5 heteroatoms. The van der Waals surface area contributed by atoms with Crippen LogP contribution in [0.2, 0.25) is 0 Å². The van der Waals surface area contributed by atoms with Gasteiger partial charge in [0.05, 0.1) is 11.8 Å². The molecule has 1 aromatic carbocycles. The first-order chi connectivity index (χ1) is 11.5. The van der Waals surface area contributed by atoms with E-state index in [1.54, 1.807) is 6.20 Å². The summed E-state index contributed by atoms with van der Waals surface area (Å²) in [5.74, 6) is 0.0823. The maximum atomic E-state index is 12.8. The fourth-order valence-electron chi connectivity index (χ4n) is 3.29. The van der Waals surface area contributed by atoms with Crippen molar-refractivity contribution >= 4 is 11.6 Å². The first kappa shape index (κ1) is 16.6. The molecule has 2 aromatic rings. The molecule has 0 aliphatic carbocycles. The molecule has 0 unspecified atom stereocenters. The number of amides is 1. The van der Waals surface area contributed by atoms with Crippen LogP contribution in [0.4, 0.5) is 5.69 Å². The molecule has 5 nitrogen and oxygen atoms in total. The minimum Gasteiger partial charge on any atom is -0.367 e. The first-order valence-corrected chi connectivity index (χ1v) is 8.63. The lowest BCUT2D eigenvalue weighted by Gasteiger charge is -2.41. The van der Waals surface area contributed by atoms with Gasteiger partial charge in [-0.05, 0) is 39.3 Å². The van der Waals surface area contributed by atoms with Gasteiger partial charge in [-0.15, -0.1) is 0 Å². The van der Waals surface area contributed by atoms with E-state index in [0.717, 1.165) is 19.6 Å². The third-order valence-corrected chi connectivity index (χ3v) is 4.72. The Morgan fingerprint density at radius 1 is 1.25 bits per heavy atom. The van der Waals surface area contributed by atoms with E-state index in [9.17, 15) is 4.79 Å². The molecule has 128 valence electrons. The molecule has 0 saturated carbocycles. The molecule has 0 N–H and O–H groups in total. The van der Waals surface area contributed by atoms with Crippen molar-refractivity contribution in [2.45, 2.75) is 39.8 Å². The summed E-state index contributed by atoms with van der Waals surface area (Å²) in [5.41, 5.74) is 3.23. The van der Waals surface area contributed by atoms with Crippen LogP contribution in [0.5, 0.6) is 0 Å². The molecule has 3 rings (SSSR count). The number of anilines is 1. The maximum absolute atomic E-state index is 12.8. The van der Waals surface area contributed by atoms with Gasteiger partial charge in [-0.3, -0.25) is 9.48 Å². The van der Waals surface area contributed by atoms with E-state index in [4.69, 9.17) is 0 Å². The predicted octanol–water partition coefficient (Wildman–Crippen LogP) is 3.12. The summed E-state index contributed by atoms with van der Waals surface area (Å²) in [5, 5.41) is 4.29. The number of aryl methyl sites for hydroxylation is 1. The van der Waals surface area contributed by atoms with Crippen molar-refractivity contribution in [1.29, 1.82) is 0 Å². The molecule has 24 heavy (non-hydrogen) atoms. The van der Waals surface area contributed by atoms with Crippen LogP contribution in [0.15, 0.2) is 36.7 Å². The number of hydrogen-bond donors (Lipinski definition) is 0. The van der Waals surface area contributed by atoms with Gasteiger partial charge in [0.15, 0.2) is 0 Å². The molecule has 1 aliphatic rings. The number of nitrogens with zero attached hydrogens (tertiary/aromatic N) is 4. The first-order valence-electron chi connectivity index (χ1n) is 8.63. The zero-order valence-electron chi connectivity index (χ0n) is 14.9. The average molecular weight is 326 g/mol. The van der Waals surface area contributed by atoms with Crippen molar-refractivity contribution in [3.63, 3.8) is 0 Å². The molecule has 0 spiro atoms. The minimum absolute atomic E-state index is 0.0823. The summed E-state index contributed by atoms with van der Waals surface area (Å²) in [6.45, 7) is 10.8. The van der Waals surface area contributed by atoms with E-state index in [0.29, 0.717) is 5.56 Å². The number of benzene rings is 1. The van der Waals surface area contributed by atoms with Gasteiger partial charge in [-0.1, -0.05) is 18.2 Å². The van der Waals surface area contributed by atoms with Crippen LogP contribution in [-0.2, 0) is 0 Å². The topological polar surface area (TPSA) is 41.4 Å². The van der Waals surface area contributed by atoms with Crippen molar-refractivity contribution in [3.8, 4) is 0 Å². The minimum atomic E-state index is 0.0823. The van der Waals surface area contributed by atoms with E-state index < -0.39 is 0 Å². The monoisotopic (exact) mass is 326 g/mol. The largest absolute Gasteiger partial charge is 0.367 e. The molecular formula is C19H26N4O. The van der Waals surface area contributed by atoms with Gasteiger partial charge >= 0.3 is 0 Å². The summed E-state index contributed by atoms with van der Waals surface area (Å²) in [6, 6.07) is 8.87. The van der Waals surface area contributed by atoms with Crippen molar-refractivity contribution in [3.05, 3.63) is 47.8 Å². The van der Waals surface area contributed by atoms with Gasteiger partial charge in [0.2, 0.25) is 0 Å². The van der Waals surface area contributed by atoms with Crippen LogP contribution in [0.3, 0.4) is 0 Å². The average Bonchev–Trinajstić information content (AvgIpc) is 3.05. The molecule has 2 heterocycles. The van der Waals surface area contributed by atoms with Crippen molar-refractivity contribution in [1.82, 2.24) is 14.7 Å². The Labute approximate surface area is 143 Å². The fraction of sp³-hybridized carbons (Fsp3) is 0.474. The number of carbonyl (C=O) groups is 1. The molecule has 1 fully saturated rings. The zero-order chi connectivity index (χ0) is 17.3. The molecule has 1 amide bonds.